The Balaban J connectivity index is 2.07. The van der Waals surface area contributed by atoms with Gasteiger partial charge in [-0.25, -0.2) is 9.37 Å². The van der Waals surface area contributed by atoms with Crippen molar-refractivity contribution in [3.63, 3.8) is 0 Å². The van der Waals surface area contributed by atoms with Crippen molar-refractivity contribution in [2.24, 2.45) is 5.73 Å². The minimum Gasteiger partial charge on any atom is -0.476 e. The van der Waals surface area contributed by atoms with E-state index in [9.17, 15) is 14.6 Å². The number of nitrogens with two attached hydrogens (primary N) is 2. The van der Waals surface area contributed by atoms with E-state index in [-0.39, 0.29) is 29.5 Å². The quantitative estimate of drug-likeness (QED) is 0.520. The molecule has 4 atom stereocenters. The zero-order chi connectivity index (χ0) is 17.5. The molecule has 1 fully saturated rings. The van der Waals surface area contributed by atoms with Crippen LogP contribution in [0.25, 0.3) is 11.2 Å². The fraction of sp³-hybridized carbons (Fsp3) is 0.615. The molecular weight excluding hydrogens is 323 g/mol. The van der Waals surface area contributed by atoms with Crippen molar-refractivity contribution >= 4 is 17.1 Å². The highest BCUT2D eigenvalue weighted by Gasteiger charge is 2.55. The number of nitrogens with zero attached hydrogens (tertiary/aromatic N) is 4. The summed E-state index contributed by atoms with van der Waals surface area (Å²) in [4.78, 5) is 12.1. The third-order valence-corrected chi connectivity index (χ3v) is 4.04. The van der Waals surface area contributed by atoms with Gasteiger partial charge in [0.05, 0.1) is 19.5 Å². The van der Waals surface area contributed by atoms with Crippen molar-refractivity contribution in [2.75, 3.05) is 25.5 Å². The van der Waals surface area contributed by atoms with E-state index in [4.69, 9.17) is 20.9 Å². The van der Waals surface area contributed by atoms with E-state index in [0.29, 0.717) is 6.61 Å². The molecule has 1 saturated heterocycles. The normalized spacial score (nSPS) is 30.1. The Morgan fingerprint density at radius 2 is 2.25 bits per heavy atom. The van der Waals surface area contributed by atoms with E-state index in [1.54, 1.807) is 6.92 Å². The van der Waals surface area contributed by atoms with E-state index in [1.807, 2.05) is 0 Å². The molecule has 11 heteroatoms. The number of hydrogen-bond donors (Lipinski definition) is 4. The van der Waals surface area contributed by atoms with Gasteiger partial charge in [-0.3, -0.25) is 4.57 Å². The number of hydrogen-bond acceptors (Lipinski definition) is 9. The Kier molecular flexibility index (Phi) is 4.25. The monoisotopic (exact) mass is 342 g/mol. The van der Waals surface area contributed by atoms with Crippen LogP contribution in [0.5, 0.6) is 5.88 Å². The van der Waals surface area contributed by atoms with Gasteiger partial charge in [-0.15, -0.1) is 0 Å². The SMILES string of the molecule is CCOc1nc(N)nc2c1ncn2[C@@H]1O[C@](CN)(CO)[C@@H](O)[C@H]1F. The van der Waals surface area contributed by atoms with Crippen molar-refractivity contribution in [1.82, 2.24) is 19.5 Å². The van der Waals surface area contributed by atoms with Gasteiger partial charge in [-0.2, -0.15) is 9.97 Å². The summed E-state index contributed by atoms with van der Waals surface area (Å²) < 4.78 is 26.8. The van der Waals surface area contributed by atoms with E-state index < -0.39 is 30.7 Å². The third kappa shape index (κ3) is 2.36. The van der Waals surface area contributed by atoms with E-state index >= 15 is 0 Å². The third-order valence-electron chi connectivity index (χ3n) is 4.04. The van der Waals surface area contributed by atoms with Crippen molar-refractivity contribution in [3.8, 4) is 5.88 Å². The highest BCUT2D eigenvalue weighted by Crippen LogP contribution is 2.40. The molecule has 0 aliphatic carbocycles. The van der Waals surface area contributed by atoms with Crippen LogP contribution in [0.2, 0.25) is 0 Å². The molecule has 1 aliphatic rings. The summed E-state index contributed by atoms with van der Waals surface area (Å²) in [7, 11) is 0. The fourth-order valence-corrected chi connectivity index (χ4v) is 2.73. The first-order chi connectivity index (χ1) is 11.5. The van der Waals surface area contributed by atoms with Crippen LogP contribution in [0.15, 0.2) is 6.33 Å². The lowest BCUT2D eigenvalue weighted by Gasteiger charge is -2.27. The van der Waals surface area contributed by atoms with Gasteiger partial charge in [0, 0.05) is 6.54 Å². The van der Waals surface area contributed by atoms with Gasteiger partial charge in [0.15, 0.2) is 23.6 Å². The number of rotatable bonds is 5. The van der Waals surface area contributed by atoms with Crippen LogP contribution in [0.3, 0.4) is 0 Å². The molecule has 2 aromatic heterocycles. The molecule has 10 nitrogen and oxygen atoms in total. The van der Waals surface area contributed by atoms with Crippen LogP contribution in [-0.4, -0.2) is 67.4 Å². The minimum absolute atomic E-state index is 0.0751. The van der Waals surface area contributed by atoms with Crippen molar-refractivity contribution in [3.05, 3.63) is 6.33 Å². The fourth-order valence-electron chi connectivity index (χ4n) is 2.73. The van der Waals surface area contributed by atoms with Gasteiger partial charge in [0.1, 0.15) is 11.7 Å². The molecule has 132 valence electrons. The van der Waals surface area contributed by atoms with Gasteiger partial charge in [0.25, 0.3) is 0 Å². The number of aromatic nitrogens is 4. The molecule has 24 heavy (non-hydrogen) atoms. The number of imidazole rings is 1. The molecule has 3 rings (SSSR count). The Bertz CT molecular complexity index is 737. The summed E-state index contributed by atoms with van der Waals surface area (Å²) in [6, 6.07) is 0. The predicted molar refractivity (Wildman–Crippen MR) is 80.8 cm³/mol. The maximum Gasteiger partial charge on any atom is 0.247 e. The number of halogens is 1. The summed E-state index contributed by atoms with van der Waals surface area (Å²) in [5.74, 6) is 0.0915. The molecule has 0 amide bonds. The van der Waals surface area contributed by atoms with Gasteiger partial charge >= 0.3 is 0 Å². The second kappa shape index (κ2) is 6.09. The molecule has 0 radical (unpaired) electrons. The van der Waals surface area contributed by atoms with Crippen LogP contribution >= 0.6 is 0 Å². The first-order valence-corrected chi connectivity index (χ1v) is 7.41. The average molecular weight is 342 g/mol. The molecule has 3 heterocycles. The summed E-state index contributed by atoms with van der Waals surface area (Å²) in [6.07, 6.45) is -3.43. The molecule has 0 spiro atoms. The second-order valence-electron chi connectivity index (χ2n) is 5.47. The number of ether oxygens (including phenoxy) is 2. The zero-order valence-electron chi connectivity index (χ0n) is 13.0. The number of aliphatic hydroxyl groups is 2. The number of nitrogen functional groups attached to an aromatic ring is 1. The summed E-state index contributed by atoms with van der Waals surface area (Å²) >= 11 is 0. The summed E-state index contributed by atoms with van der Waals surface area (Å²) in [5.41, 5.74) is 10.1. The van der Waals surface area contributed by atoms with Crippen LogP contribution in [0, 0.1) is 0 Å². The Hall–Kier alpha value is -2.08. The van der Waals surface area contributed by atoms with E-state index in [0.717, 1.165) is 0 Å². The van der Waals surface area contributed by atoms with Gasteiger partial charge in [-0.05, 0) is 6.92 Å². The molecular formula is C13H19FN6O4. The van der Waals surface area contributed by atoms with Crippen LogP contribution < -0.4 is 16.2 Å². The molecule has 0 aromatic carbocycles. The number of alkyl halides is 1. The number of anilines is 1. The Morgan fingerprint density at radius 3 is 2.83 bits per heavy atom. The van der Waals surface area contributed by atoms with E-state index in [1.165, 1.54) is 10.9 Å². The zero-order valence-corrected chi connectivity index (χ0v) is 13.0. The van der Waals surface area contributed by atoms with E-state index in [2.05, 4.69) is 15.0 Å². The van der Waals surface area contributed by atoms with Gasteiger partial charge in [0.2, 0.25) is 11.8 Å². The Labute approximate surface area is 136 Å². The predicted octanol–water partition coefficient (Wildman–Crippen LogP) is -1.28. The van der Waals surface area contributed by atoms with Crippen LogP contribution in [0.4, 0.5) is 10.3 Å². The average Bonchev–Trinajstić information content (AvgIpc) is 3.09. The first-order valence-electron chi connectivity index (χ1n) is 7.41. The Morgan fingerprint density at radius 1 is 1.50 bits per heavy atom. The smallest absolute Gasteiger partial charge is 0.247 e. The minimum atomic E-state index is -1.84. The maximum atomic E-state index is 14.6. The lowest BCUT2D eigenvalue weighted by Crippen LogP contribution is -2.51. The van der Waals surface area contributed by atoms with Gasteiger partial charge in [-0.1, -0.05) is 0 Å². The van der Waals surface area contributed by atoms with Crippen LogP contribution in [0.1, 0.15) is 13.2 Å². The topological polar surface area (TPSA) is 155 Å². The molecule has 0 unspecified atom stereocenters. The number of aliphatic hydroxyl groups excluding tert-OH is 2. The molecule has 1 aliphatic heterocycles. The first kappa shape index (κ1) is 16.8. The highest BCUT2D eigenvalue weighted by atomic mass is 19.1. The lowest BCUT2D eigenvalue weighted by molar-refractivity contribution is -0.120. The lowest BCUT2D eigenvalue weighted by atomic mass is 9.97. The van der Waals surface area contributed by atoms with Crippen molar-refractivity contribution in [2.45, 2.75) is 31.0 Å². The maximum absolute atomic E-state index is 14.6. The largest absolute Gasteiger partial charge is 0.476 e. The molecule has 6 N–H and O–H groups in total. The van der Waals surface area contributed by atoms with Crippen molar-refractivity contribution < 1.29 is 24.1 Å². The number of fused-ring (bicyclic) bond motifs is 1. The molecule has 2 aromatic rings. The molecule has 0 saturated carbocycles. The van der Waals surface area contributed by atoms with Gasteiger partial charge < -0.3 is 31.2 Å². The highest BCUT2D eigenvalue weighted by molar-refractivity contribution is 5.77. The van der Waals surface area contributed by atoms with Crippen LogP contribution in [-0.2, 0) is 4.74 Å². The molecule has 0 bridgehead atoms. The standard InChI is InChI=1S/C13H19FN6O4/c1-2-23-10-7-9(18-12(16)19-10)20(5-17-7)11-6(14)8(22)13(3-15,4-21)24-11/h5-6,8,11,21-22H,2-4,15H2,1H3,(H2,16,18,19)/t6-,8+,11-,13-/m1/s1. The second-order valence-corrected chi connectivity index (χ2v) is 5.47. The summed E-state index contributed by atoms with van der Waals surface area (Å²) in [6.45, 7) is 1.22. The van der Waals surface area contributed by atoms with Crippen molar-refractivity contribution in [1.29, 1.82) is 0 Å². The summed E-state index contributed by atoms with van der Waals surface area (Å²) in [5, 5.41) is 19.6.